The van der Waals surface area contributed by atoms with Crippen LogP contribution in [0.5, 0.6) is 5.88 Å². The van der Waals surface area contributed by atoms with Gasteiger partial charge in [0.15, 0.2) is 0 Å². The topological polar surface area (TPSA) is 44.9 Å². The molecule has 0 bridgehead atoms. The van der Waals surface area contributed by atoms with Crippen LogP contribution in [0.15, 0.2) is 43.0 Å². The molecule has 3 aromatic rings. The van der Waals surface area contributed by atoms with E-state index in [9.17, 15) is 0 Å². The number of aryl methyl sites for hydroxylation is 2. The van der Waals surface area contributed by atoms with Crippen LogP contribution in [0.1, 0.15) is 18.5 Å². The lowest BCUT2D eigenvalue weighted by Gasteiger charge is -2.06. The van der Waals surface area contributed by atoms with Crippen LogP contribution >= 0.6 is 23.2 Å². The molecule has 3 rings (SSSR count). The van der Waals surface area contributed by atoms with E-state index in [4.69, 9.17) is 27.9 Å². The van der Waals surface area contributed by atoms with Crippen LogP contribution in [-0.2, 0) is 6.54 Å². The van der Waals surface area contributed by atoms with E-state index in [1.54, 1.807) is 23.0 Å². The Bertz CT molecular complexity index is 799. The SMILES string of the molecule is Cc1cc(OCCCCn2ccnc2)nn1-c1ccc(Cl)c(Cl)c1. The lowest BCUT2D eigenvalue weighted by Crippen LogP contribution is -2.02. The zero-order chi connectivity index (χ0) is 16.9. The molecular formula is C17H18Cl2N4O. The summed E-state index contributed by atoms with van der Waals surface area (Å²) >= 11 is 12.0. The molecule has 1 aromatic carbocycles. The molecular weight excluding hydrogens is 347 g/mol. The number of ether oxygens (including phenoxy) is 1. The normalized spacial score (nSPS) is 11.0. The van der Waals surface area contributed by atoms with Crippen molar-refractivity contribution >= 4 is 23.2 Å². The molecule has 0 N–H and O–H groups in total. The monoisotopic (exact) mass is 364 g/mol. The van der Waals surface area contributed by atoms with Gasteiger partial charge in [-0.15, -0.1) is 5.10 Å². The zero-order valence-electron chi connectivity index (χ0n) is 13.3. The molecule has 5 nitrogen and oxygen atoms in total. The Balaban J connectivity index is 1.54. The van der Waals surface area contributed by atoms with Gasteiger partial charge in [0.2, 0.25) is 5.88 Å². The molecule has 0 unspecified atom stereocenters. The quantitative estimate of drug-likeness (QED) is 0.578. The fourth-order valence-corrected chi connectivity index (χ4v) is 2.68. The van der Waals surface area contributed by atoms with Crippen molar-refractivity contribution in [1.29, 1.82) is 0 Å². The fourth-order valence-electron chi connectivity index (χ4n) is 2.39. The molecule has 24 heavy (non-hydrogen) atoms. The highest BCUT2D eigenvalue weighted by Gasteiger charge is 2.09. The van der Waals surface area contributed by atoms with Crippen molar-refractivity contribution in [2.24, 2.45) is 0 Å². The van der Waals surface area contributed by atoms with Crippen LogP contribution in [0, 0.1) is 6.92 Å². The van der Waals surface area contributed by atoms with Crippen molar-refractivity contribution in [2.45, 2.75) is 26.3 Å². The summed E-state index contributed by atoms with van der Waals surface area (Å²) < 4.78 is 9.60. The Labute approximate surface area is 150 Å². The molecule has 0 saturated carbocycles. The van der Waals surface area contributed by atoms with Crippen molar-refractivity contribution in [2.75, 3.05) is 6.61 Å². The fraction of sp³-hybridized carbons (Fsp3) is 0.294. The molecule has 126 valence electrons. The second-order valence-corrected chi connectivity index (χ2v) is 6.30. The van der Waals surface area contributed by atoms with Crippen molar-refractivity contribution in [1.82, 2.24) is 19.3 Å². The predicted octanol–water partition coefficient (Wildman–Crippen LogP) is 4.54. The Morgan fingerprint density at radius 3 is 2.75 bits per heavy atom. The maximum atomic E-state index is 6.07. The highest BCUT2D eigenvalue weighted by atomic mass is 35.5. The third-order valence-corrected chi connectivity index (χ3v) is 4.37. The Kier molecular flexibility index (Phi) is 5.43. The molecule has 2 aromatic heterocycles. The number of rotatable bonds is 7. The standard InChI is InChI=1S/C17H18Cl2N4O/c1-13-10-17(24-9-3-2-7-22-8-6-20-12-22)21-23(13)14-4-5-15(18)16(19)11-14/h4-6,8,10-12H,2-3,7,9H2,1H3. The van der Waals surface area contributed by atoms with Gasteiger partial charge in [-0.2, -0.15) is 0 Å². The molecule has 0 aliphatic carbocycles. The lowest BCUT2D eigenvalue weighted by molar-refractivity contribution is 0.290. The molecule has 7 heteroatoms. The second-order valence-electron chi connectivity index (χ2n) is 5.49. The number of halogens is 2. The van der Waals surface area contributed by atoms with Crippen molar-refractivity contribution in [3.05, 3.63) is 58.7 Å². The summed E-state index contributed by atoms with van der Waals surface area (Å²) in [6.07, 6.45) is 7.56. The minimum atomic E-state index is 0.506. The first-order valence-corrected chi connectivity index (χ1v) is 8.50. The minimum absolute atomic E-state index is 0.506. The number of hydrogen-bond donors (Lipinski definition) is 0. The largest absolute Gasteiger partial charge is 0.477 e. The van der Waals surface area contributed by atoms with E-state index in [0.717, 1.165) is 30.8 Å². The van der Waals surface area contributed by atoms with E-state index in [0.29, 0.717) is 22.5 Å². The van der Waals surface area contributed by atoms with Gasteiger partial charge in [-0.25, -0.2) is 9.67 Å². The third kappa shape index (κ3) is 4.10. The first-order valence-electron chi connectivity index (χ1n) is 7.74. The average Bonchev–Trinajstić information content (AvgIpc) is 3.19. The number of unbranched alkanes of at least 4 members (excludes halogenated alkanes) is 1. The summed E-state index contributed by atoms with van der Waals surface area (Å²) in [5.41, 5.74) is 1.83. The summed E-state index contributed by atoms with van der Waals surface area (Å²) in [5.74, 6) is 0.612. The maximum Gasteiger partial charge on any atom is 0.233 e. The Hall–Kier alpha value is -1.98. The van der Waals surface area contributed by atoms with Crippen LogP contribution in [0.25, 0.3) is 5.69 Å². The molecule has 0 radical (unpaired) electrons. The van der Waals surface area contributed by atoms with Gasteiger partial charge in [0.05, 0.1) is 28.7 Å². The molecule has 0 atom stereocenters. The first-order chi connectivity index (χ1) is 11.6. The van der Waals surface area contributed by atoms with E-state index in [2.05, 4.69) is 14.6 Å². The highest BCUT2D eigenvalue weighted by molar-refractivity contribution is 6.42. The van der Waals surface area contributed by atoms with E-state index in [1.165, 1.54) is 0 Å². The zero-order valence-corrected chi connectivity index (χ0v) is 14.8. The second kappa shape index (κ2) is 7.73. The number of imidazole rings is 1. The van der Waals surface area contributed by atoms with Crippen LogP contribution in [0.3, 0.4) is 0 Å². The maximum absolute atomic E-state index is 6.07. The van der Waals surface area contributed by atoms with Gasteiger partial charge < -0.3 is 9.30 Å². The van der Waals surface area contributed by atoms with Crippen LogP contribution in [0.4, 0.5) is 0 Å². The molecule has 0 amide bonds. The molecule has 0 fully saturated rings. The lowest BCUT2D eigenvalue weighted by atomic mass is 10.3. The molecule has 2 heterocycles. The summed E-state index contributed by atoms with van der Waals surface area (Å²) in [6, 6.07) is 7.34. The summed E-state index contributed by atoms with van der Waals surface area (Å²) in [6.45, 7) is 3.55. The molecule has 0 spiro atoms. The summed E-state index contributed by atoms with van der Waals surface area (Å²) in [5, 5.41) is 5.51. The highest BCUT2D eigenvalue weighted by Crippen LogP contribution is 2.25. The predicted molar refractivity (Wildman–Crippen MR) is 95.3 cm³/mol. The minimum Gasteiger partial charge on any atom is -0.477 e. The van der Waals surface area contributed by atoms with Gasteiger partial charge >= 0.3 is 0 Å². The number of aromatic nitrogens is 4. The van der Waals surface area contributed by atoms with E-state index >= 15 is 0 Å². The Morgan fingerprint density at radius 2 is 2.00 bits per heavy atom. The third-order valence-electron chi connectivity index (χ3n) is 3.63. The summed E-state index contributed by atoms with van der Waals surface area (Å²) in [4.78, 5) is 4.02. The number of benzene rings is 1. The summed E-state index contributed by atoms with van der Waals surface area (Å²) in [7, 11) is 0. The molecule has 0 aliphatic rings. The first kappa shape index (κ1) is 16.9. The van der Waals surface area contributed by atoms with E-state index in [-0.39, 0.29) is 0 Å². The van der Waals surface area contributed by atoms with Crippen LogP contribution in [-0.4, -0.2) is 25.9 Å². The molecule has 0 aliphatic heterocycles. The van der Waals surface area contributed by atoms with Crippen molar-refractivity contribution in [3.63, 3.8) is 0 Å². The van der Waals surface area contributed by atoms with E-state index < -0.39 is 0 Å². The van der Waals surface area contributed by atoms with Crippen LogP contribution < -0.4 is 4.74 Å². The Morgan fingerprint density at radius 1 is 1.12 bits per heavy atom. The van der Waals surface area contributed by atoms with Gasteiger partial charge in [0.1, 0.15) is 0 Å². The van der Waals surface area contributed by atoms with Gasteiger partial charge in [0, 0.05) is 30.7 Å². The number of nitrogens with zero attached hydrogens (tertiary/aromatic N) is 4. The van der Waals surface area contributed by atoms with Gasteiger partial charge in [-0.05, 0) is 38.0 Å². The molecule has 0 saturated heterocycles. The van der Waals surface area contributed by atoms with Crippen molar-refractivity contribution in [3.8, 4) is 11.6 Å². The van der Waals surface area contributed by atoms with E-state index in [1.807, 2.05) is 31.6 Å². The number of hydrogen-bond acceptors (Lipinski definition) is 3. The van der Waals surface area contributed by atoms with Crippen molar-refractivity contribution < 1.29 is 4.74 Å². The van der Waals surface area contributed by atoms with Gasteiger partial charge in [-0.3, -0.25) is 0 Å². The smallest absolute Gasteiger partial charge is 0.233 e. The average molecular weight is 365 g/mol. The van der Waals surface area contributed by atoms with Crippen LogP contribution in [0.2, 0.25) is 10.0 Å². The van der Waals surface area contributed by atoms with Gasteiger partial charge in [0.25, 0.3) is 0 Å². The van der Waals surface area contributed by atoms with Gasteiger partial charge in [-0.1, -0.05) is 23.2 Å².